The van der Waals surface area contributed by atoms with Crippen LogP contribution in [-0.4, -0.2) is 39.6 Å². The number of anilines is 1. The topological polar surface area (TPSA) is 66.3 Å². The highest BCUT2D eigenvalue weighted by atomic mass is 32.2. The Morgan fingerprint density at radius 1 is 1.50 bits per heavy atom. The van der Waals surface area contributed by atoms with Crippen molar-refractivity contribution in [3.8, 4) is 0 Å². The number of thioether (sulfide) groups is 1. The molecule has 0 bridgehead atoms. The van der Waals surface area contributed by atoms with Crippen molar-refractivity contribution in [2.75, 3.05) is 17.2 Å². The van der Waals surface area contributed by atoms with E-state index in [1.54, 1.807) is 0 Å². The number of hydrogen-bond donors (Lipinski definition) is 1. The number of aromatic nitrogens is 2. The van der Waals surface area contributed by atoms with E-state index in [1.165, 1.54) is 48.8 Å². The number of rotatable bonds is 4. The van der Waals surface area contributed by atoms with Crippen LogP contribution >= 0.6 is 23.1 Å². The van der Waals surface area contributed by atoms with Gasteiger partial charge in [0.05, 0.1) is 5.75 Å². The zero-order chi connectivity index (χ0) is 13.0. The first-order chi connectivity index (χ1) is 8.66. The standard InChI is InChI=1S/C11H17N3O2S2/c1-8-5-3-2-4-6-14(8)10-12-13-11(18-10)17-7-9(15)16/h8H,2-7H2,1H3,(H,15,16). The van der Waals surface area contributed by atoms with Gasteiger partial charge in [0.15, 0.2) is 4.34 Å². The van der Waals surface area contributed by atoms with E-state index in [2.05, 4.69) is 22.0 Å². The second-order valence-electron chi connectivity index (χ2n) is 4.42. The van der Waals surface area contributed by atoms with Crippen LogP contribution < -0.4 is 4.90 Å². The van der Waals surface area contributed by atoms with Crippen LogP contribution in [0.5, 0.6) is 0 Å². The third-order valence-electron chi connectivity index (χ3n) is 3.01. The van der Waals surface area contributed by atoms with E-state index in [-0.39, 0.29) is 5.75 Å². The molecule has 0 spiro atoms. The highest BCUT2D eigenvalue weighted by Gasteiger charge is 2.20. The van der Waals surface area contributed by atoms with E-state index in [1.807, 2.05) is 0 Å². The molecule has 1 saturated heterocycles. The zero-order valence-electron chi connectivity index (χ0n) is 10.3. The van der Waals surface area contributed by atoms with Gasteiger partial charge in [-0.25, -0.2) is 0 Å². The van der Waals surface area contributed by atoms with Gasteiger partial charge < -0.3 is 10.0 Å². The largest absolute Gasteiger partial charge is 0.481 e. The smallest absolute Gasteiger partial charge is 0.313 e. The van der Waals surface area contributed by atoms with Gasteiger partial charge in [-0.05, 0) is 19.8 Å². The Balaban J connectivity index is 2.01. The van der Waals surface area contributed by atoms with E-state index >= 15 is 0 Å². The fourth-order valence-electron chi connectivity index (χ4n) is 2.06. The molecule has 1 atom stereocenters. The third-order valence-corrected chi connectivity index (χ3v) is 5.09. The molecule has 5 nitrogen and oxygen atoms in total. The molecule has 0 radical (unpaired) electrons. The van der Waals surface area contributed by atoms with Crippen LogP contribution in [0.15, 0.2) is 4.34 Å². The molecule has 1 fully saturated rings. The van der Waals surface area contributed by atoms with Crippen molar-refractivity contribution >= 4 is 34.2 Å². The van der Waals surface area contributed by atoms with Crippen LogP contribution in [0.1, 0.15) is 32.6 Å². The number of carboxylic acid groups (broad SMARTS) is 1. The summed E-state index contributed by atoms with van der Waals surface area (Å²) in [6.45, 7) is 3.25. The van der Waals surface area contributed by atoms with Crippen LogP contribution in [-0.2, 0) is 4.79 Å². The Kier molecular flexibility index (Phi) is 4.82. The Labute approximate surface area is 115 Å². The lowest BCUT2D eigenvalue weighted by atomic mass is 10.1. The summed E-state index contributed by atoms with van der Waals surface area (Å²) >= 11 is 2.74. The van der Waals surface area contributed by atoms with Gasteiger partial charge in [-0.2, -0.15) is 0 Å². The lowest BCUT2D eigenvalue weighted by Crippen LogP contribution is -2.32. The number of hydrogen-bond acceptors (Lipinski definition) is 6. The normalized spacial score (nSPS) is 20.7. The summed E-state index contributed by atoms with van der Waals surface area (Å²) in [5, 5.41) is 17.8. The summed E-state index contributed by atoms with van der Waals surface area (Å²) in [5.41, 5.74) is 0. The first-order valence-corrected chi connectivity index (χ1v) is 7.92. The van der Waals surface area contributed by atoms with E-state index in [9.17, 15) is 4.79 Å². The van der Waals surface area contributed by atoms with Crippen LogP contribution in [0.25, 0.3) is 0 Å². The molecule has 7 heteroatoms. The van der Waals surface area contributed by atoms with Gasteiger partial charge >= 0.3 is 5.97 Å². The van der Waals surface area contributed by atoms with Crippen LogP contribution in [0.4, 0.5) is 5.13 Å². The molecule has 1 aromatic heterocycles. The van der Waals surface area contributed by atoms with Gasteiger partial charge in [0.25, 0.3) is 0 Å². The lowest BCUT2D eigenvalue weighted by molar-refractivity contribution is -0.133. The summed E-state index contributed by atoms with van der Waals surface area (Å²) in [6, 6.07) is 0.498. The Hall–Kier alpha value is -0.820. The highest BCUT2D eigenvalue weighted by molar-refractivity contribution is 8.01. The quantitative estimate of drug-likeness (QED) is 0.858. The molecule has 0 aliphatic carbocycles. The van der Waals surface area contributed by atoms with Crippen molar-refractivity contribution in [2.45, 2.75) is 43.0 Å². The predicted molar refractivity (Wildman–Crippen MR) is 73.5 cm³/mol. The molecule has 2 rings (SSSR count). The molecule has 1 unspecified atom stereocenters. The van der Waals surface area contributed by atoms with Crippen LogP contribution in [0, 0.1) is 0 Å². The summed E-state index contributed by atoms with van der Waals surface area (Å²) in [7, 11) is 0. The fraction of sp³-hybridized carbons (Fsp3) is 0.727. The van der Waals surface area contributed by atoms with Crippen molar-refractivity contribution in [3.05, 3.63) is 0 Å². The van der Waals surface area contributed by atoms with E-state index in [0.717, 1.165) is 16.0 Å². The van der Waals surface area contributed by atoms with Crippen molar-refractivity contribution in [1.29, 1.82) is 0 Å². The number of carboxylic acids is 1. The van der Waals surface area contributed by atoms with E-state index < -0.39 is 5.97 Å². The predicted octanol–water partition coefficient (Wildman–Crippen LogP) is 2.48. The minimum Gasteiger partial charge on any atom is -0.481 e. The molecular weight excluding hydrogens is 270 g/mol. The average molecular weight is 287 g/mol. The average Bonchev–Trinajstić information content (AvgIpc) is 2.69. The Bertz CT molecular complexity index is 411. The van der Waals surface area contributed by atoms with Gasteiger partial charge in [0.1, 0.15) is 0 Å². The SMILES string of the molecule is CC1CCCCCN1c1nnc(SCC(=O)O)s1. The van der Waals surface area contributed by atoms with Crippen molar-refractivity contribution < 1.29 is 9.90 Å². The zero-order valence-corrected chi connectivity index (χ0v) is 12.0. The van der Waals surface area contributed by atoms with Crippen molar-refractivity contribution in [1.82, 2.24) is 10.2 Å². The molecule has 2 heterocycles. The van der Waals surface area contributed by atoms with Crippen LogP contribution in [0.2, 0.25) is 0 Å². The summed E-state index contributed by atoms with van der Waals surface area (Å²) < 4.78 is 0.740. The minimum absolute atomic E-state index is 0.0458. The van der Waals surface area contributed by atoms with Crippen LogP contribution in [0.3, 0.4) is 0 Å². The van der Waals surface area contributed by atoms with E-state index in [4.69, 9.17) is 5.11 Å². The second-order valence-corrected chi connectivity index (χ2v) is 6.60. The van der Waals surface area contributed by atoms with Gasteiger partial charge in [0, 0.05) is 12.6 Å². The molecule has 1 N–H and O–H groups in total. The van der Waals surface area contributed by atoms with Gasteiger partial charge in [0.2, 0.25) is 5.13 Å². The maximum Gasteiger partial charge on any atom is 0.313 e. The molecule has 0 aromatic carbocycles. The summed E-state index contributed by atoms with van der Waals surface area (Å²) in [6.07, 6.45) is 4.94. The summed E-state index contributed by atoms with van der Waals surface area (Å²) in [5.74, 6) is -0.774. The Morgan fingerprint density at radius 3 is 3.11 bits per heavy atom. The highest BCUT2D eigenvalue weighted by Crippen LogP contribution is 2.31. The molecule has 1 aliphatic rings. The monoisotopic (exact) mass is 287 g/mol. The number of nitrogens with zero attached hydrogens (tertiary/aromatic N) is 3. The molecule has 100 valence electrons. The van der Waals surface area contributed by atoms with Gasteiger partial charge in [-0.1, -0.05) is 35.9 Å². The Morgan fingerprint density at radius 2 is 2.33 bits per heavy atom. The molecule has 0 saturated carbocycles. The summed E-state index contributed by atoms with van der Waals surface area (Å²) in [4.78, 5) is 12.8. The first kappa shape index (κ1) is 13.6. The third kappa shape index (κ3) is 3.58. The van der Waals surface area contributed by atoms with Gasteiger partial charge in [-0.3, -0.25) is 4.79 Å². The van der Waals surface area contributed by atoms with E-state index in [0.29, 0.717) is 6.04 Å². The lowest BCUT2D eigenvalue weighted by Gasteiger charge is -2.25. The minimum atomic E-state index is -0.820. The molecule has 1 aliphatic heterocycles. The molecular formula is C11H17N3O2S2. The molecule has 18 heavy (non-hydrogen) atoms. The molecule has 1 aromatic rings. The van der Waals surface area contributed by atoms with Crippen molar-refractivity contribution in [2.24, 2.45) is 0 Å². The van der Waals surface area contributed by atoms with Gasteiger partial charge in [-0.15, -0.1) is 10.2 Å². The maximum atomic E-state index is 10.5. The number of aliphatic carboxylic acids is 1. The second kappa shape index (κ2) is 6.38. The maximum absolute atomic E-state index is 10.5. The molecule has 0 amide bonds. The fourth-order valence-corrected chi connectivity index (χ4v) is 3.75. The first-order valence-electron chi connectivity index (χ1n) is 6.11. The number of carbonyl (C=O) groups is 1. The van der Waals surface area contributed by atoms with Crippen molar-refractivity contribution in [3.63, 3.8) is 0 Å².